The van der Waals surface area contributed by atoms with Crippen LogP contribution in [0, 0.1) is 13.8 Å². The van der Waals surface area contributed by atoms with Gasteiger partial charge in [0.2, 0.25) is 0 Å². The summed E-state index contributed by atoms with van der Waals surface area (Å²) in [5.74, 6) is 0.743. The standard InChI is InChI=1S/C10H17N3O/c1-7-5-11-8(2)9(13-7)12-6-10(3,4)14/h5,14H,6H2,1-4H3,(H,12,13). The quantitative estimate of drug-likeness (QED) is 0.762. The first kappa shape index (κ1) is 10.9. The van der Waals surface area contributed by atoms with Crippen LogP contribution < -0.4 is 5.32 Å². The topological polar surface area (TPSA) is 58.0 Å². The Morgan fingerprint density at radius 3 is 2.64 bits per heavy atom. The first-order chi connectivity index (χ1) is 6.38. The van der Waals surface area contributed by atoms with Crippen molar-refractivity contribution in [3.05, 3.63) is 17.6 Å². The first-order valence-corrected chi connectivity index (χ1v) is 4.65. The van der Waals surface area contributed by atoms with Gasteiger partial charge < -0.3 is 10.4 Å². The van der Waals surface area contributed by atoms with Crippen LogP contribution in [0.5, 0.6) is 0 Å². The van der Waals surface area contributed by atoms with Crippen LogP contribution in [0.3, 0.4) is 0 Å². The van der Waals surface area contributed by atoms with Gasteiger partial charge in [0.25, 0.3) is 0 Å². The van der Waals surface area contributed by atoms with Crippen LogP contribution in [-0.2, 0) is 0 Å². The molecule has 0 aliphatic heterocycles. The highest BCUT2D eigenvalue weighted by atomic mass is 16.3. The molecule has 0 aliphatic rings. The van der Waals surface area contributed by atoms with Gasteiger partial charge in [-0.15, -0.1) is 0 Å². The predicted molar refractivity (Wildman–Crippen MR) is 56.3 cm³/mol. The van der Waals surface area contributed by atoms with Gasteiger partial charge in [0.05, 0.1) is 17.0 Å². The second-order valence-electron chi connectivity index (χ2n) is 4.11. The Morgan fingerprint density at radius 1 is 1.43 bits per heavy atom. The van der Waals surface area contributed by atoms with Crippen molar-refractivity contribution in [2.45, 2.75) is 33.3 Å². The Bertz CT molecular complexity index is 318. The molecule has 2 N–H and O–H groups in total. The van der Waals surface area contributed by atoms with Crippen molar-refractivity contribution in [2.75, 3.05) is 11.9 Å². The highest BCUT2D eigenvalue weighted by molar-refractivity contribution is 5.39. The summed E-state index contributed by atoms with van der Waals surface area (Å²) >= 11 is 0. The Balaban J connectivity index is 2.72. The molecule has 0 saturated heterocycles. The minimum absolute atomic E-state index is 0.464. The minimum atomic E-state index is -0.738. The molecule has 0 aliphatic carbocycles. The zero-order chi connectivity index (χ0) is 10.8. The molecule has 0 bridgehead atoms. The Morgan fingerprint density at radius 2 is 2.07 bits per heavy atom. The summed E-state index contributed by atoms with van der Waals surface area (Å²) in [6.45, 7) is 7.74. The van der Waals surface area contributed by atoms with E-state index in [1.807, 2.05) is 13.8 Å². The van der Waals surface area contributed by atoms with Crippen molar-refractivity contribution in [3.63, 3.8) is 0 Å². The van der Waals surface area contributed by atoms with Gasteiger partial charge >= 0.3 is 0 Å². The van der Waals surface area contributed by atoms with Crippen LogP contribution in [0.1, 0.15) is 25.2 Å². The zero-order valence-electron chi connectivity index (χ0n) is 9.13. The lowest BCUT2D eigenvalue weighted by Gasteiger charge is -2.18. The van der Waals surface area contributed by atoms with E-state index in [-0.39, 0.29) is 0 Å². The lowest BCUT2D eigenvalue weighted by Crippen LogP contribution is -2.30. The number of nitrogens with one attached hydrogen (secondary N) is 1. The maximum atomic E-state index is 9.53. The van der Waals surface area contributed by atoms with Gasteiger partial charge in [-0.3, -0.25) is 4.98 Å². The van der Waals surface area contributed by atoms with Crippen molar-refractivity contribution in [2.24, 2.45) is 0 Å². The number of nitrogens with zero attached hydrogens (tertiary/aromatic N) is 2. The molecule has 1 aromatic heterocycles. The summed E-state index contributed by atoms with van der Waals surface area (Å²) in [5, 5.41) is 12.6. The first-order valence-electron chi connectivity index (χ1n) is 4.65. The van der Waals surface area contributed by atoms with Crippen molar-refractivity contribution in [1.29, 1.82) is 0 Å². The Hall–Kier alpha value is -1.16. The number of anilines is 1. The lowest BCUT2D eigenvalue weighted by molar-refractivity contribution is 0.0944. The number of aliphatic hydroxyl groups is 1. The molecule has 1 rings (SSSR count). The van der Waals surface area contributed by atoms with Crippen LogP contribution in [0.15, 0.2) is 6.20 Å². The van der Waals surface area contributed by atoms with E-state index >= 15 is 0 Å². The van der Waals surface area contributed by atoms with Gasteiger partial charge in [-0.05, 0) is 27.7 Å². The normalized spacial score (nSPS) is 11.5. The van der Waals surface area contributed by atoms with E-state index in [9.17, 15) is 5.11 Å². The zero-order valence-corrected chi connectivity index (χ0v) is 9.13. The van der Waals surface area contributed by atoms with Gasteiger partial charge in [0.15, 0.2) is 0 Å². The van der Waals surface area contributed by atoms with Gasteiger partial charge in [-0.1, -0.05) is 0 Å². The molecule has 4 heteroatoms. The van der Waals surface area contributed by atoms with Crippen LogP contribution in [0.25, 0.3) is 0 Å². The lowest BCUT2D eigenvalue weighted by atomic mass is 10.1. The molecule has 1 aromatic rings. The fraction of sp³-hybridized carbons (Fsp3) is 0.600. The van der Waals surface area contributed by atoms with Crippen molar-refractivity contribution < 1.29 is 5.11 Å². The summed E-state index contributed by atoms with van der Waals surface area (Å²) < 4.78 is 0. The molecule has 14 heavy (non-hydrogen) atoms. The molecule has 0 spiro atoms. The molecule has 0 amide bonds. The van der Waals surface area contributed by atoms with Crippen LogP contribution in [-0.4, -0.2) is 27.2 Å². The highest BCUT2D eigenvalue weighted by Gasteiger charge is 2.12. The second kappa shape index (κ2) is 3.92. The van der Waals surface area contributed by atoms with Crippen molar-refractivity contribution >= 4 is 5.82 Å². The summed E-state index contributed by atoms with van der Waals surface area (Å²) in [6.07, 6.45) is 1.73. The van der Waals surface area contributed by atoms with Gasteiger partial charge in [-0.2, -0.15) is 0 Å². The average Bonchev–Trinajstić information content (AvgIpc) is 2.05. The molecule has 0 aromatic carbocycles. The molecule has 0 unspecified atom stereocenters. The monoisotopic (exact) mass is 195 g/mol. The van der Waals surface area contributed by atoms with Crippen molar-refractivity contribution in [3.8, 4) is 0 Å². The number of hydrogen-bond acceptors (Lipinski definition) is 4. The summed E-state index contributed by atoms with van der Waals surface area (Å²) in [6, 6.07) is 0. The maximum absolute atomic E-state index is 9.53. The van der Waals surface area contributed by atoms with Gasteiger partial charge in [-0.25, -0.2) is 4.98 Å². The Labute approximate surface area is 84.4 Å². The van der Waals surface area contributed by atoms with Crippen LogP contribution in [0.2, 0.25) is 0 Å². The maximum Gasteiger partial charge on any atom is 0.147 e. The average molecular weight is 195 g/mol. The highest BCUT2D eigenvalue weighted by Crippen LogP contribution is 2.10. The van der Waals surface area contributed by atoms with E-state index < -0.39 is 5.60 Å². The molecule has 78 valence electrons. The molecule has 0 radical (unpaired) electrons. The van der Waals surface area contributed by atoms with E-state index in [0.29, 0.717) is 6.54 Å². The molecular weight excluding hydrogens is 178 g/mol. The van der Waals surface area contributed by atoms with E-state index in [1.165, 1.54) is 0 Å². The molecule has 0 fully saturated rings. The number of aryl methyl sites for hydroxylation is 2. The van der Waals surface area contributed by atoms with E-state index in [2.05, 4.69) is 15.3 Å². The number of rotatable bonds is 3. The largest absolute Gasteiger partial charge is 0.389 e. The third-order valence-corrected chi connectivity index (χ3v) is 1.76. The molecule has 0 atom stereocenters. The summed E-state index contributed by atoms with van der Waals surface area (Å²) in [7, 11) is 0. The van der Waals surface area contributed by atoms with E-state index in [1.54, 1.807) is 20.0 Å². The Kier molecular flexibility index (Phi) is 3.06. The van der Waals surface area contributed by atoms with Gasteiger partial charge in [0, 0.05) is 12.7 Å². The smallest absolute Gasteiger partial charge is 0.147 e. The van der Waals surface area contributed by atoms with Crippen LogP contribution >= 0.6 is 0 Å². The van der Waals surface area contributed by atoms with Crippen molar-refractivity contribution in [1.82, 2.24) is 9.97 Å². The third kappa shape index (κ3) is 3.30. The summed E-state index contributed by atoms with van der Waals surface area (Å²) in [4.78, 5) is 8.46. The second-order valence-corrected chi connectivity index (χ2v) is 4.11. The van der Waals surface area contributed by atoms with E-state index in [0.717, 1.165) is 17.2 Å². The molecule has 0 saturated carbocycles. The fourth-order valence-electron chi connectivity index (χ4n) is 1.00. The molecule has 4 nitrogen and oxygen atoms in total. The number of hydrogen-bond donors (Lipinski definition) is 2. The number of aromatic nitrogens is 2. The van der Waals surface area contributed by atoms with E-state index in [4.69, 9.17) is 0 Å². The molecule has 1 heterocycles. The summed E-state index contributed by atoms with van der Waals surface area (Å²) in [5.41, 5.74) is 0.978. The van der Waals surface area contributed by atoms with Crippen LogP contribution in [0.4, 0.5) is 5.82 Å². The minimum Gasteiger partial charge on any atom is -0.389 e. The predicted octanol–water partition coefficient (Wildman–Crippen LogP) is 1.28. The molecular formula is C10H17N3O. The third-order valence-electron chi connectivity index (χ3n) is 1.76. The fourth-order valence-corrected chi connectivity index (χ4v) is 1.00. The SMILES string of the molecule is Cc1cnc(C)c(NCC(C)(C)O)n1. The van der Waals surface area contributed by atoms with Gasteiger partial charge in [0.1, 0.15) is 5.82 Å².